The van der Waals surface area contributed by atoms with Crippen LogP contribution in [0.5, 0.6) is 0 Å². The number of hydrogen-bond acceptors (Lipinski definition) is 7. The van der Waals surface area contributed by atoms with Gasteiger partial charge in [-0.25, -0.2) is 0 Å². The van der Waals surface area contributed by atoms with Gasteiger partial charge < -0.3 is 11.1 Å². The maximum absolute atomic E-state index is 5.94. The van der Waals surface area contributed by atoms with E-state index >= 15 is 0 Å². The average molecular weight is 366 g/mol. The van der Waals surface area contributed by atoms with Gasteiger partial charge in [0.2, 0.25) is 11.9 Å². The molecule has 134 valence electrons. The molecule has 6 nitrogen and oxygen atoms in total. The minimum Gasteiger partial charge on any atom is -0.368 e. The second-order valence-electron chi connectivity index (χ2n) is 6.52. The van der Waals surface area contributed by atoms with Gasteiger partial charge in [0.05, 0.1) is 6.54 Å². The van der Waals surface area contributed by atoms with Crippen LogP contribution in [-0.2, 0) is 6.54 Å². The number of aryl methyl sites for hydroxylation is 1. The normalized spacial score (nSPS) is 17.5. The first kappa shape index (κ1) is 16.9. The van der Waals surface area contributed by atoms with Gasteiger partial charge in [-0.3, -0.25) is 4.90 Å². The molecule has 0 bridgehead atoms. The molecule has 3 aromatic rings. The van der Waals surface area contributed by atoms with E-state index in [2.05, 4.69) is 42.7 Å². The Bertz CT molecular complexity index is 879. The number of nitrogens with zero attached hydrogens (tertiary/aromatic N) is 4. The molecule has 1 atom stereocenters. The van der Waals surface area contributed by atoms with E-state index in [1.807, 2.05) is 42.5 Å². The number of nitrogens with one attached hydrogen (secondary N) is 1. The summed E-state index contributed by atoms with van der Waals surface area (Å²) in [7, 11) is 0. The van der Waals surface area contributed by atoms with Gasteiger partial charge in [-0.2, -0.15) is 15.0 Å². The van der Waals surface area contributed by atoms with E-state index in [9.17, 15) is 0 Å². The topological polar surface area (TPSA) is 80.0 Å². The first-order valence-corrected chi connectivity index (χ1v) is 9.67. The first-order valence-electron chi connectivity index (χ1n) is 8.79. The van der Waals surface area contributed by atoms with Crippen molar-refractivity contribution in [1.29, 1.82) is 0 Å². The summed E-state index contributed by atoms with van der Waals surface area (Å²) in [5, 5.41) is 5.39. The molecule has 0 saturated carbocycles. The predicted octanol–water partition coefficient (Wildman–Crippen LogP) is 3.90. The lowest BCUT2D eigenvalue weighted by atomic mass is 10.2. The summed E-state index contributed by atoms with van der Waals surface area (Å²) in [6.45, 7) is 3.77. The fraction of sp³-hybridized carbons (Fsp3) is 0.316. The van der Waals surface area contributed by atoms with Crippen molar-refractivity contribution >= 4 is 28.9 Å². The third-order valence-electron chi connectivity index (χ3n) is 4.67. The number of likely N-dealkylation sites (tertiary alicyclic amines) is 1. The standard InChI is InChI=1S/C19H22N6S/c1-13-6-2-3-7-14(13)21-19-23-17(22-18(20)24-19)12-25-10-4-8-15(25)16-9-5-11-26-16/h2-3,5-7,9,11,15H,4,8,10,12H2,1H3,(H3,20,21,22,23,24)/t15-/m0/s1. The molecule has 1 aliphatic rings. The molecule has 0 spiro atoms. The summed E-state index contributed by atoms with van der Waals surface area (Å²) in [5.41, 5.74) is 8.04. The quantitative estimate of drug-likeness (QED) is 0.713. The Morgan fingerprint density at radius 2 is 2.08 bits per heavy atom. The summed E-state index contributed by atoms with van der Waals surface area (Å²) in [5.74, 6) is 1.45. The van der Waals surface area contributed by atoms with Gasteiger partial charge in [0.15, 0.2) is 0 Å². The van der Waals surface area contributed by atoms with E-state index in [4.69, 9.17) is 5.73 Å². The number of benzene rings is 1. The number of para-hydroxylation sites is 1. The van der Waals surface area contributed by atoms with Crippen LogP contribution in [0.1, 0.15) is 35.1 Å². The minimum atomic E-state index is 0.248. The van der Waals surface area contributed by atoms with E-state index in [1.54, 1.807) is 0 Å². The fourth-order valence-corrected chi connectivity index (χ4v) is 4.29. The number of rotatable bonds is 5. The Kier molecular flexibility index (Phi) is 4.81. The highest BCUT2D eigenvalue weighted by Gasteiger charge is 2.27. The fourth-order valence-electron chi connectivity index (χ4n) is 3.40. The molecule has 26 heavy (non-hydrogen) atoms. The number of hydrogen-bond donors (Lipinski definition) is 2. The minimum absolute atomic E-state index is 0.248. The molecule has 0 radical (unpaired) electrons. The Labute approximate surface area is 157 Å². The number of aromatic nitrogens is 3. The smallest absolute Gasteiger partial charge is 0.232 e. The molecule has 0 amide bonds. The van der Waals surface area contributed by atoms with Crippen LogP contribution in [0.2, 0.25) is 0 Å². The van der Waals surface area contributed by atoms with E-state index in [0.29, 0.717) is 24.4 Å². The van der Waals surface area contributed by atoms with Crippen molar-refractivity contribution in [3.63, 3.8) is 0 Å². The molecule has 1 saturated heterocycles. The monoisotopic (exact) mass is 366 g/mol. The second kappa shape index (κ2) is 7.39. The van der Waals surface area contributed by atoms with Crippen molar-refractivity contribution in [3.8, 4) is 0 Å². The Hall–Kier alpha value is -2.51. The Morgan fingerprint density at radius 1 is 1.19 bits per heavy atom. The molecule has 0 unspecified atom stereocenters. The van der Waals surface area contributed by atoms with Crippen LogP contribution >= 0.6 is 11.3 Å². The molecule has 1 aromatic carbocycles. The number of nitrogen functional groups attached to an aromatic ring is 1. The molecule has 1 aliphatic heterocycles. The maximum atomic E-state index is 5.94. The highest BCUT2D eigenvalue weighted by atomic mass is 32.1. The predicted molar refractivity (Wildman–Crippen MR) is 105 cm³/mol. The van der Waals surface area contributed by atoms with Gasteiger partial charge in [-0.05, 0) is 49.4 Å². The van der Waals surface area contributed by atoms with E-state index < -0.39 is 0 Å². The van der Waals surface area contributed by atoms with Crippen LogP contribution in [0, 0.1) is 6.92 Å². The van der Waals surface area contributed by atoms with Crippen LogP contribution in [-0.4, -0.2) is 26.4 Å². The molecule has 3 heterocycles. The van der Waals surface area contributed by atoms with Gasteiger partial charge in [0, 0.05) is 16.6 Å². The zero-order valence-corrected chi connectivity index (χ0v) is 15.5. The largest absolute Gasteiger partial charge is 0.368 e. The van der Waals surface area contributed by atoms with Gasteiger partial charge >= 0.3 is 0 Å². The van der Waals surface area contributed by atoms with E-state index in [-0.39, 0.29) is 5.95 Å². The molecule has 7 heteroatoms. The molecular weight excluding hydrogens is 344 g/mol. The van der Waals surface area contributed by atoms with Crippen molar-refractivity contribution in [2.45, 2.75) is 32.4 Å². The van der Waals surface area contributed by atoms with Crippen LogP contribution in [0.15, 0.2) is 41.8 Å². The molecule has 4 rings (SSSR count). The van der Waals surface area contributed by atoms with Crippen molar-refractivity contribution in [3.05, 3.63) is 58.0 Å². The van der Waals surface area contributed by atoms with Gasteiger partial charge in [0.25, 0.3) is 0 Å². The van der Waals surface area contributed by atoms with Crippen molar-refractivity contribution in [2.24, 2.45) is 0 Å². The zero-order chi connectivity index (χ0) is 17.9. The lowest BCUT2D eigenvalue weighted by molar-refractivity contribution is 0.245. The van der Waals surface area contributed by atoms with Crippen LogP contribution in [0.3, 0.4) is 0 Å². The highest BCUT2D eigenvalue weighted by molar-refractivity contribution is 7.10. The molecular formula is C19H22N6S. The van der Waals surface area contributed by atoms with Gasteiger partial charge in [-0.15, -0.1) is 11.3 Å². The average Bonchev–Trinajstić information content (AvgIpc) is 3.27. The van der Waals surface area contributed by atoms with Crippen LogP contribution in [0.25, 0.3) is 0 Å². The summed E-state index contributed by atoms with van der Waals surface area (Å²) < 4.78 is 0. The van der Waals surface area contributed by atoms with Crippen molar-refractivity contribution in [2.75, 3.05) is 17.6 Å². The lowest BCUT2D eigenvalue weighted by Crippen LogP contribution is -2.24. The molecule has 0 aliphatic carbocycles. The molecule has 1 fully saturated rings. The Balaban J connectivity index is 1.54. The third kappa shape index (κ3) is 3.68. The second-order valence-corrected chi connectivity index (χ2v) is 7.50. The van der Waals surface area contributed by atoms with Crippen molar-refractivity contribution in [1.82, 2.24) is 19.9 Å². The van der Waals surface area contributed by atoms with E-state index in [1.165, 1.54) is 17.7 Å². The number of thiophene rings is 1. The SMILES string of the molecule is Cc1ccccc1Nc1nc(N)nc(CN2CCC[C@H]2c2cccs2)n1. The van der Waals surface area contributed by atoms with Crippen LogP contribution in [0.4, 0.5) is 17.6 Å². The van der Waals surface area contributed by atoms with Gasteiger partial charge in [0.1, 0.15) is 5.82 Å². The lowest BCUT2D eigenvalue weighted by Gasteiger charge is -2.22. The summed E-state index contributed by atoms with van der Waals surface area (Å²) in [6, 6.07) is 12.8. The van der Waals surface area contributed by atoms with Gasteiger partial charge in [-0.1, -0.05) is 24.3 Å². The third-order valence-corrected chi connectivity index (χ3v) is 5.64. The molecule has 2 aromatic heterocycles. The van der Waals surface area contributed by atoms with Crippen molar-refractivity contribution < 1.29 is 0 Å². The first-order chi connectivity index (χ1) is 12.7. The highest BCUT2D eigenvalue weighted by Crippen LogP contribution is 2.35. The zero-order valence-electron chi connectivity index (χ0n) is 14.7. The summed E-state index contributed by atoms with van der Waals surface area (Å²) in [6.07, 6.45) is 2.37. The summed E-state index contributed by atoms with van der Waals surface area (Å²) in [4.78, 5) is 17.0. The number of anilines is 3. The summed E-state index contributed by atoms with van der Waals surface area (Å²) >= 11 is 1.81. The van der Waals surface area contributed by atoms with E-state index in [0.717, 1.165) is 17.8 Å². The Morgan fingerprint density at radius 3 is 2.88 bits per heavy atom. The van der Waals surface area contributed by atoms with Crippen LogP contribution < -0.4 is 11.1 Å². The maximum Gasteiger partial charge on any atom is 0.232 e. The number of nitrogens with two attached hydrogens (primary N) is 1. The molecule has 3 N–H and O–H groups in total.